The molecule has 0 saturated heterocycles. The highest BCUT2D eigenvalue weighted by molar-refractivity contribution is 7.17. The summed E-state index contributed by atoms with van der Waals surface area (Å²) in [6.07, 6.45) is 1.82. The van der Waals surface area contributed by atoms with E-state index in [1.54, 1.807) is 11.3 Å². The lowest BCUT2D eigenvalue weighted by Crippen LogP contribution is -1.76. The van der Waals surface area contributed by atoms with Gasteiger partial charge in [-0.05, 0) is 12.1 Å². The Hall–Kier alpha value is -1.19. The Morgan fingerprint density at radius 3 is 2.93 bits per heavy atom. The SMILES string of the molecule is Cl.c1cnc2c(c1)ccc1ncsc12. The molecule has 3 rings (SSSR count). The fourth-order valence-electron chi connectivity index (χ4n) is 1.46. The zero-order valence-corrected chi connectivity index (χ0v) is 8.81. The minimum Gasteiger partial charge on any atom is -0.255 e. The van der Waals surface area contributed by atoms with Gasteiger partial charge in [-0.3, -0.25) is 4.98 Å². The summed E-state index contributed by atoms with van der Waals surface area (Å²) in [5, 5.41) is 1.18. The van der Waals surface area contributed by atoms with Crippen LogP contribution in [0.5, 0.6) is 0 Å². The summed E-state index contributed by atoms with van der Waals surface area (Å²) < 4.78 is 1.18. The van der Waals surface area contributed by atoms with Gasteiger partial charge in [-0.2, -0.15) is 0 Å². The first-order valence-electron chi connectivity index (χ1n) is 4.02. The standard InChI is InChI=1S/C10H6N2S.ClH/c1-2-7-3-4-8-10(13-6-12-8)9(7)11-5-1;/h1-6H;1H. The van der Waals surface area contributed by atoms with Crippen LogP contribution in [0.25, 0.3) is 21.1 Å². The van der Waals surface area contributed by atoms with Gasteiger partial charge in [0.1, 0.15) is 0 Å². The molecule has 0 bridgehead atoms. The highest BCUT2D eigenvalue weighted by Crippen LogP contribution is 2.25. The van der Waals surface area contributed by atoms with Crippen molar-refractivity contribution in [3.05, 3.63) is 36.0 Å². The molecule has 2 aromatic heterocycles. The number of benzene rings is 1. The lowest BCUT2D eigenvalue weighted by atomic mass is 10.2. The van der Waals surface area contributed by atoms with Gasteiger partial charge in [0.15, 0.2) is 0 Å². The van der Waals surface area contributed by atoms with Crippen LogP contribution in [0.4, 0.5) is 0 Å². The molecule has 0 saturated carbocycles. The minimum atomic E-state index is 0. The number of fused-ring (bicyclic) bond motifs is 3. The van der Waals surface area contributed by atoms with Gasteiger partial charge in [0.25, 0.3) is 0 Å². The predicted molar refractivity (Wildman–Crippen MR) is 62.2 cm³/mol. The van der Waals surface area contributed by atoms with Crippen molar-refractivity contribution < 1.29 is 0 Å². The van der Waals surface area contributed by atoms with Crippen molar-refractivity contribution >= 4 is 44.9 Å². The molecular weight excluding hydrogens is 216 g/mol. The fourth-order valence-corrected chi connectivity index (χ4v) is 2.26. The van der Waals surface area contributed by atoms with Crippen molar-refractivity contribution in [2.24, 2.45) is 0 Å². The van der Waals surface area contributed by atoms with Gasteiger partial charge in [0, 0.05) is 11.6 Å². The molecule has 4 heteroatoms. The molecule has 0 radical (unpaired) electrons. The number of thiazole rings is 1. The van der Waals surface area contributed by atoms with Gasteiger partial charge in [-0.1, -0.05) is 12.1 Å². The predicted octanol–water partition coefficient (Wildman–Crippen LogP) is 3.27. The summed E-state index contributed by atoms with van der Waals surface area (Å²) in [6.45, 7) is 0. The van der Waals surface area contributed by atoms with E-state index in [1.807, 2.05) is 23.8 Å². The monoisotopic (exact) mass is 222 g/mol. The van der Waals surface area contributed by atoms with Crippen LogP contribution >= 0.6 is 23.7 Å². The highest BCUT2D eigenvalue weighted by atomic mass is 35.5. The number of aromatic nitrogens is 2. The van der Waals surface area contributed by atoms with Crippen molar-refractivity contribution in [1.29, 1.82) is 0 Å². The number of hydrogen-bond acceptors (Lipinski definition) is 3. The number of nitrogens with zero attached hydrogens (tertiary/aromatic N) is 2. The second kappa shape index (κ2) is 3.52. The second-order valence-corrected chi connectivity index (χ2v) is 3.70. The Kier molecular flexibility index (Phi) is 2.35. The molecule has 0 aliphatic rings. The largest absolute Gasteiger partial charge is 0.255 e. The Morgan fingerprint density at radius 2 is 2.00 bits per heavy atom. The normalized spacial score (nSPS) is 10.3. The van der Waals surface area contributed by atoms with E-state index in [1.165, 1.54) is 10.1 Å². The number of hydrogen-bond donors (Lipinski definition) is 0. The van der Waals surface area contributed by atoms with Crippen molar-refractivity contribution in [3.8, 4) is 0 Å². The maximum absolute atomic E-state index is 4.35. The van der Waals surface area contributed by atoms with Gasteiger partial charge in [-0.25, -0.2) is 4.98 Å². The van der Waals surface area contributed by atoms with E-state index in [0.29, 0.717) is 0 Å². The Bertz CT molecular complexity index is 576. The summed E-state index contributed by atoms with van der Waals surface area (Å²) in [7, 11) is 0. The van der Waals surface area contributed by atoms with Crippen molar-refractivity contribution in [2.75, 3.05) is 0 Å². The summed E-state index contributed by atoms with van der Waals surface area (Å²) in [5.74, 6) is 0. The molecule has 2 heterocycles. The average Bonchev–Trinajstić information content (AvgIpc) is 2.65. The molecule has 0 aliphatic heterocycles. The number of halogens is 1. The molecule has 0 aliphatic carbocycles. The maximum atomic E-state index is 4.35. The second-order valence-electron chi connectivity index (χ2n) is 2.84. The van der Waals surface area contributed by atoms with Crippen molar-refractivity contribution in [3.63, 3.8) is 0 Å². The first kappa shape index (κ1) is 9.37. The third kappa shape index (κ3) is 1.25. The molecule has 3 aromatic rings. The summed E-state index contributed by atoms with van der Waals surface area (Å²) in [6, 6.07) is 8.12. The molecule has 70 valence electrons. The van der Waals surface area contributed by atoms with Gasteiger partial charge >= 0.3 is 0 Å². The van der Waals surface area contributed by atoms with Crippen LogP contribution in [-0.4, -0.2) is 9.97 Å². The average molecular weight is 223 g/mol. The number of pyridine rings is 1. The summed E-state index contributed by atoms with van der Waals surface area (Å²) in [5.41, 5.74) is 3.96. The zero-order valence-electron chi connectivity index (χ0n) is 7.18. The van der Waals surface area contributed by atoms with Crippen LogP contribution in [0.3, 0.4) is 0 Å². The molecule has 0 atom stereocenters. The topological polar surface area (TPSA) is 25.8 Å². The van der Waals surface area contributed by atoms with Gasteiger partial charge in [0.05, 0.1) is 21.2 Å². The first-order valence-corrected chi connectivity index (χ1v) is 4.90. The zero-order chi connectivity index (χ0) is 8.67. The summed E-state index contributed by atoms with van der Waals surface area (Å²) >= 11 is 1.64. The van der Waals surface area contributed by atoms with Gasteiger partial charge in [0.2, 0.25) is 0 Å². The maximum Gasteiger partial charge on any atom is 0.0896 e. The smallest absolute Gasteiger partial charge is 0.0896 e. The van der Waals surface area contributed by atoms with E-state index in [9.17, 15) is 0 Å². The molecule has 0 spiro atoms. The van der Waals surface area contributed by atoms with E-state index in [0.717, 1.165) is 11.0 Å². The van der Waals surface area contributed by atoms with Crippen LogP contribution in [0.1, 0.15) is 0 Å². The molecule has 0 fully saturated rings. The fraction of sp³-hybridized carbons (Fsp3) is 0. The molecular formula is C10H7ClN2S. The lowest BCUT2D eigenvalue weighted by molar-refractivity contribution is 1.43. The molecule has 0 N–H and O–H groups in total. The molecule has 2 nitrogen and oxygen atoms in total. The van der Waals surface area contributed by atoms with Crippen LogP contribution in [-0.2, 0) is 0 Å². The Labute approximate surface area is 91.0 Å². The lowest BCUT2D eigenvalue weighted by Gasteiger charge is -1.95. The Morgan fingerprint density at radius 1 is 1.07 bits per heavy atom. The summed E-state index contributed by atoms with van der Waals surface area (Å²) in [4.78, 5) is 8.60. The van der Waals surface area contributed by atoms with Crippen molar-refractivity contribution in [1.82, 2.24) is 9.97 Å². The van der Waals surface area contributed by atoms with E-state index >= 15 is 0 Å². The molecule has 14 heavy (non-hydrogen) atoms. The highest BCUT2D eigenvalue weighted by Gasteiger charge is 2.01. The van der Waals surface area contributed by atoms with E-state index in [4.69, 9.17) is 0 Å². The van der Waals surface area contributed by atoms with Crippen molar-refractivity contribution in [2.45, 2.75) is 0 Å². The van der Waals surface area contributed by atoms with Gasteiger partial charge in [-0.15, -0.1) is 23.7 Å². The third-order valence-corrected chi connectivity index (χ3v) is 2.92. The minimum absolute atomic E-state index is 0. The van der Waals surface area contributed by atoms with E-state index in [-0.39, 0.29) is 12.4 Å². The van der Waals surface area contributed by atoms with Gasteiger partial charge < -0.3 is 0 Å². The quantitative estimate of drug-likeness (QED) is 0.584. The van der Waals surface area contributed by atoms with E-state index in [2.05, 4.69) is 22.1 Å². The third-order valence-electron chi connectivity index (χ3n) is 2.07. The van der Waals surface area contributed by atoms with Crippen LogP contribution < -0.4 is 0 Å². The van der Waals surface area contributed by atoms with Crippen LogP contribution in [0.15, 0.2) is 36.0 Å². The van der Waals surface area contributed by atoms with E-state index < -0.39 is 0 Å². The number of rotatable bonds is 0. The molecule has 0 unspecified atom stereocenters. The van der Waals surface area contributed by atoms with Crippen LogP contribution in [0.2, 0.25) is 0 Å². The first-order chi connectivity index (χ1) is 6.45. The van der Waals surface area contributed by atoms with Crippen LogP contribution in [0, 0.1) is 0 Å². The molecule has 0 amide bonds. The Balaban J connectivity index is 0.000000750. The molecule has 1 aromatic carbocycles.